The van der Waals surface area contributed by atoms with E-state index in [1.54, 1.807) is 10.9 Å². The van der Waals surface area contributed by atoms with Crippen molar-refractivity contribution in [1.82, 2.24) is 9.78 Å². The predicted molar refractivity (Wildman–Crippen MR) is 51.9 cm³/mol. The molecule has 0 radical (unpaired) electrons. The summed E-state index contributed by atoms with van der Waals surface area (Å²) in [5.74, 6) is -0.614. The van der Waals surface area contributed by atoms with Gasteiger partial charge in [-0.05, 0) is 11.5 Å². The summed E-state index contributed by atoms with van der Waals surface area (Å²) < 4.78 is 1.56. The zero-order valence-corrected chi connectivity index (χ0v) is 8.34. The molecule has 0 spiro atoms. The van der Waals surface area contributed by atoms with Gasteiger partial charge in [-0.15, -0.1) is 0 Å². The highest BCUT2D eigenvalue weighted by molar-refractivity contribution is 5.72. The molecule has 5 nitrogen and oxygen atoms in total. The highest BCUT2D eigenvalue weighted by Gasteiger charge is 2.12. The molecule has 3 N–H and O–H groups in total. The molecule has 0 aliphatic carbocycles. The highest BCUT2D eigenvalue weighted by Crippen LogP contribution is 2.12. The molecule has 5 heteroatoms. The predicted octanol–water partition coefficient (Wildman–Crippen LogP) is 0.418. The number of hydrogen-bond acceptors (Lipinski definition) is 3. The molecule has 1 unspecified atom stereocenters. The van der Waals surface area contributed by atoms with Gasteiger partial charge in [-0.2, -0.15) is 5.10 Å². The summed E-state index contributed by atoms with van der Waals surface area (Å²) in [6, 6.07) is -0.894. The number of carbonyl (C=O) groups is 1. The van der Waals surface area contributed by atoms with E-state index in [0.717, 1.165) is 5.56 Å². The molecule has 1 atom stereocenters. The van der Waals surface area contributed by atoms with Crippen molar-refractivity contribution in [2.75, 3.05) is 0 Å². The highest BCUT2D eigenvalue weighted by atomic mass is 16.4. The van der Waals surface area contributed by atoms with Gasteiger partial charge in [0.1, 0.15) is 6.04 Å². The molecule has 0 saturated heterocycles. The van der Waals surface area contributed by atoms with Crippen LogP contribution in [0.5, 0.6) is 0 Å². The van der Waals surface area contributed by atoms with Crippen LogP contribution in [0.4, 0.5) is 0 Å². The van der Waals surface area contributed by atoms with Crippen LogP contribution < -0.4 is 5.73 Å². The van der Waals surface area contributed by atoms with Crippen molar-refractivity contribution in [2.24, 2.45) is 5.73 Å². The first-order chi connectivity index (χ1) is 6.50. The lowest BCUT2D eigenvalue weighted by atomic mass is 10.1. The Hall–Kier alpha value is -1.36. The number of nitrogens with two attached hydrogens (primary N) is 1. The minimum Gasteiger partial charge on any atom is -0.480 e. The first-order valence-electron chi connectivity index (χ1n) is 4.51. The molecule has 0 fully saturated rings. The topological polar surface area (TPSA) is 81.1 Å². The second-order valence-electron chi connectivity index (χ2n) is 3.60. The van der Waals surface area contributed by atoms with Crippen molar-refractivity contribution in [3.8, 4) is 0 Å². The Labute approximate surface area is 82.5 Å². The Morgan fingerprint density at radius 1 is 1.71 bits per heavy atom. The minimum atomic E-state index is -1.01. The lowest BCUT2D eigenvalue weighted by Gasteiger charge is -2.05. The smallest absolute Gasteiger partial charge is 0.322 e. The van der Waals surface area contributed by atoms with Crippen LogP contribution in [0.3, 0.4) is 0 Å². The molecule has 1 aromatic heterocycles. The van der Waals surface area contributed by atoms with Crippen molar-refractivity contribution < 1.29 is 9.90 Å². The van der Waals surface area contributed by atoms with Gasteiger partial charge in [0.2, 0.25) is 0 Å². The first kappa shape index (κ1) is 10.7. The molecule has 1 aromatic rings. The summed E-state index contributed by atoms with van der Waals surface area (Å²) in [5.41, 5.74) is 6.46. The van der Waals surface area contributed by atoms with Crippen LogP contribution in [0.2, 0.25) is 0 Å². The SMILES string of the molecule is CC(C)c1cnn(CC(N)C(=O)O)c1. The third kappa shape index (κ3) is 2.56. The van der Waals surface area contributed by atoms with Crippen LogP contribution in [-0.4, -0.2) is 26.9 Å². The summed E-state index contributed by atoms with van der Waals surface area (Å²) in [6.07, 6.45) is 3.56. The van der Waals surface area contributed by atoms with Crippen LogP contribution >= 0.6 is 0 Å². The summed E-state index contributed by atoms with van der Waals surface area (Å²) in [5, 5.41) is 12.6. The van der Waals surface area contributed by atoms with Crippen LogP contribution in [0, 0.1) is 0 Å². The number of aromatic nitrogens is 2. The van der Waals surface area contributed by atoms with Crippen molar-refractivity contribution >= 4 is 5.97 Å². The third-order valence-corrected chi connectivity index (χ3v) is 2.02. The molecule has 0 aliphatic heterocycles. The minimum absolute atomic E-state index is 0.210. The zero-order valence-electron chi connectivity index (χ0n) is 8.34. The number of nitrogens with zero attached hydrogens (tertiary/aromatic N) is 2. The Morgan fingerprint density at radius 3 is 2.79 bits per heavy atom. The maximum Gasteiger partial charge on any atom is 0.322 e. The molecule has 78 valence electrons. The van der Waals surface area contributed by atoms with E-state index in [9.17, 15) is 4.79 Å². The zero-order chi connectivity index (χ0) is 10.7. The Morgan fingerprint density at radius 2 is 2.36 bits per heavy atom. The van der Waals surface area contributed by atoms with E-state index in [2.05, 4.69) is 18.9 Å². The number of carboxylic acids is 1. The fourth-order valence-corrected chi connectivity index (χ4v) is 1.06. The van der Waals surface area contributed by atoms with Crippen molar-refractivity contribution in [3.05, 3.63) is 18.0 Å². The molecule has 0 aromatic carbocycles. The molecular weight excluding hydrogens is 182 g/mol. The molecule has 0 bridgehead atoms. The van der Waals surface area contributed by atoms with Gasteiger partial charge in [0.15, 0.2) is 0 Å². The Bertz CT molecular complexity index is 320. The summed E-state index contributed by atoms with van der Waals surface area (Å²) in [4.78, 5) is 10.5. The van der Waals surface area contributed by atoms with E-state index in [1.165, 1.54) is 0 Å². The van der Waals surface area contributed by atoms with Crippen LogP contribution in [0.15, 0.2) is 12.4 Å². The van der Waals surface area contributed by atoms with Gasteiger partial charge >= 0.3 is 5.97 Å². The summed E-state index contributed by atoms with van der Waals surface area (Å²) in [6.45, 7) is 4.32. The van der Waals surface area contributed by atoms with Gasteiger partial charge in [0.25, 0.3) is 0 Å². The number of hydrogen-bond donors (Lipinski definition) is 2. The standard InChI is InChI=1S/C9H15N3O2/c1-6(2)7-3-11-12(4-7)5-8(10)9(13)14/h3-4,6,8H,5,10H2,1-2H3,(H,13,14). The normalized spacial score (nSPS) is 13.1. The van der Waals surface area contributed by atoms with Gasteiger partial charge in [0, 0.05) is 6.20 Å². The summed E-state index contributed by atoms with van der Waals surface area (Å²) in [7, 11) is 0. The largest absolute Gasteiger partial charge is 0.480 e. The average molecular weight is 197 g/mol. The number of rotatable bonds is 4. The fraction of sp³-hybridized carbons (Fsp3) is 0.556. The van der Waals surface area contributed by atoms with Crippen molar-refractivity contribution in [3.63, 3.8) is 0 Å². The van der Waals surface area contributed by atoms with Crippen molar-refractivity contribution in [1.29, 1.82) is 0 Å². The molecule has 1 heterocycles. The Kier molecular flexibility index (Phi) is 3.24. The lowest BCUT2D eigenvalue weighted by Crippen LogP contribution is -2.34. The Balaban J connectivity index is 2.64. The maximum atomic E-state index is 10.5. The van der Waals surface area contributed by atoms with Gasteiger partial charge in [-0.1, -0.05) is 13.8 Å². The molecule has 0 saturated carbocycles. The first-order valence-corrected chi connectivity index (χ1v) is 4.51. The summed E-state index contributed by atoms with van der Waals surface area (Å²) >= 11 is 0. The van der Waals surface area contributed by atoms with E-state index in [1.807, 2.05) is 6.20 Å². The number of carboxylic acid groups (broad SMARTS) is 1. The fourth-order valence-electron chi connectivity index (χ4n) is 1.06. The second kappa shape index (κ2) is 4.23. The van der Waals surface area contributed by atoms with Crippen LogP contribution in [0.25, 0.3) is 0 Å². The molecule has 14 heavy (non-hydrogen) atoms. The van der Waals surface area contributed by atoms with E-state index in [0.29, 0.717) is 5.92 Å². The number of aliphatic carboxylic acids is 1. The van der Waals surface area contributed by atoms with E-state index in [-0.39, 0.29) is 6.54 Å². The van der Waals surface area contributed by atoms with Gasteiger partial charge in [-0.25, -0.2) is 0 Å². The van der Waals surface area contributed by atoms with Gasteiger partial charge < -0.3 is 10.8 Å². The second-order valence-corrected chi connectivity index (χ2v) is 3.60. The van der Waals surface area contributed by atoms with Crippen LogP contribution in [0.1, 0.15) is 25.3 Å². The molecule has 0 aliphatic rings. The van der Waals surface area contributed by atoms with E-state index < -0.39 is 12.0 Å². The van der Waals surface area contributed by atoms with Gasteiger partial charge in [0.05, 0.1) is 12.7 Å². The maximum absolute atomic E-state index is 10.5. The average Bonchev–Trinajstić information content (AvgIpc) is 2.52. The van der Waals surface area contributed by atoms with Crippen molar-refractivity contribution in [2.45, 2.75) is 32.4 Å². The monoisotopic (exact) mass is 197 g/mol. The molecular formula is C9H15N3O2. The van der Waals surface area contributed by atoms with Crippen LogP contribution in [-0.2, 0) is 11.3 Å². The van der Waals surface area contributed by atoms with Gasteiger partial charge in [-0.3, -0.25) is 9.48 Å². The van der Waals surface area contributed by atoms with E-state index >= 15 is 0 Å². The molecule has 1 rings (SSSR count). The quantitative estimate of drug-likeness (QED) is 0.732. The lowest BCUT2D eigenvalue weighted by molar-refractivity contribution is -0.138. The van der Waals surface area contributed by atoms with E-state index in [4.69, 9.17) is 10.8 Å². The molecule has 0 amide bonds. The third-order valence-electron chi connectivity index (χ3n) is 2.02.